The van der Waals surface area contributed by atoms with Crippen LogP contribution in [0.5, 0.6) is 0 Å². The van der Waals surface area contributed by atoms with Gasteiger partial charge in [0.05, 0.1) is 10.5 Å². The normalized spacial score (nSPS) is 11.0. The van der Waals surface area contributed by atoms with Crippen LogP contribution in [-0.4, -0.2) is 16.5 Å². The lowest BCUT2D eigenvalue weighted by atomic mass is 10.2. The van der Waals surface area contributed by atoms with E-state index < -0.39 is 0 Å². The highest BCUT2D eigenvalue weighted by Gasteiger charge is 2.05. The first-order valence-electron chi connectivity index (χ1n) is 7.18. The second-order valence-electron chi connectivity index (χ2n) is 5.08. The molecule has 0 unspecified atom stereocenters. The summed E-state index contributed by atoms with van der Waals surface area (Å²) in [7, 11) is 0. The maximum atomic E-state index is 6.12. The molecule has 112 valence electrons. The van der Waals surface area contributed by atoms with E-state index in [1.54, 1.807) is 12.3 Å². The predicted octanol–water partition coefficient (Wildman–Crippen LogP) is 3.20. The van der Waals surface area contributed by atoms with Crippen molar-refractivity contribution in [1.82, 2.24) is 15.3 Å². The molecule has 2 aromatic heterocycles. The summed E-state index contributed by atoms with van der Waals surface area (Å²) in [4.78, 5) is 8.70. The summed E-state index contributed by atoms with van der Waals surface area (Å²) in [5, 5.41) is 5.14. The molecule has 0 saturated heterocycles. The van der Waals surface area contributed by atoms with Gasteiger partial charge < -0.3 is 11.1 Å². The summed E-state index contributed by atoms with van der Waals surface area (Å²) in [6.45, 7) is 1.40. The van der Waals surface area contributed by atoms with Gasteiger partial charge in [-0.25, -0.2) is 4.98 Å². The van der Waals surface area contributed by atoms with Crippen LogP contribution in [0.3, 0.4) is 0 Å². The Hall–Kier alpha value is -2.17. The summed E-state index contributed by atoms with van der Waals surface area (Å²) in [6.07, 6.45) is 2.46. The molecule has 3 aromatic rings. The Morgan fingerprint density at radius 3 is 2.82 bits per heavy atom. The van der Waals surface area contributed by atoms with Crippen LogP contribution in [-0.2, 0) is 13.0 Å². The molecule has 0 radical (unpaired) electrons. The van der Waals surface area contributed by atoms with Crippen molar-refractivity contribution in [2.45, 2.75) is 13.0 Å². The van der Waals surface area contributed by atoms with Gasteiger partial charge in [-0.3, -0.25) is 4.98 Å². The van der Waals surface area contributed by atoms with Gasteiger partial charge in [-0.15, -0.1) is 0 Å². The molecule has 0 fully saturated rings. The maximum Gasteiger partial charge on any atom is 0.129 e. The molecule has 4 nitrogen and oxygen atoms in total. The molecule has 0 amide bonds. The molecule has 22 heavy (non-hydrogen) atoms. The Kier molecular flexibility index (Phi) is 4.51. The van der Waals surface area contributed by atoms with E-state index in [-0.39, 0.29) is 0 Å². The standard InChI is InChI=1S/C17H17ClN4/c18-15-8-10-21-17(19)14(15)11-20-9-7-13-6-5-12-3-1-2-4-16(12)22-13/h1-6,8,10,20H,7,9,11H2,(H2,19,21). The third-order valence-corrected chi connectivity index (χ3v) is 3.90. The zero-order valence-corrected chi connectivity index (χ0v) is 12.8. The number of nitrogens with one attached hydrogen (secondary N) is 1. The molecule has 2 heterocycles. The fourth-order valence-electron chi connectivity index (χ4n) is 2.34. The molecule has 0 aliphatic heterocycles. The van der Waals surface area contributed by atoms with E-state index in [0.29, 0.717) is 17.4 Å². The second-order valence-corrected chi connectivity index (χ2v) is 5.49. The first kappa shape index (κ1) is 14.8. The molecule has 3 rings (SSSR count). The Balaban J connectivity index is 1.58. The van der Waals surface area contributed by atoms with E-state index in [9.17, 15) is 0 Å². The van der Waals surface area contributed by atoms with Crippen molar-refractivity contribution < 1.29 is 0 Å². The monoisotopic (exact) mass is 312 g/mol. The Morgan fingerprint density at radius 2 is 1.95 bits per heavy atom. The summed E-state index contributed by atoms with van der Waals surface area (Å²) < 4.78 is 0. The highest BCUT2D eigenvalue weighted by atomic mass is 35.5. The molecular weight excluding hydrogens is 296 g/mol. The second kappa shape index (κ2) is 6.73. The van der Waals surface area contributed by atoms with E-state index in [1.807, 2.05) is 18.2 Å². The number of rotatable bonds is 5. The van der Waals surface area contributed by atoms with Crippen LogP contribution in [0, 0.1) is 0 Å². The van der Waals surface area contributed by atoms with Crippen LogP contribution >= 0.6 is 11.6 Å². The lowest BCUT2D eigenvalue weighted by molar-refractivity contribution is 0.681. The third-order valence-electron chi connectivity index (χ3n) is 3.55. The molecular formula is C17H17ClN4. The van der Waals surface area contributed by atoms with Crippen LogP contribution in [0.2, 0.25) is 5.02 Å². The van der Waals surface area contributed by atoms with Crippen molar-refractivity contribution >= 4 is 28.3 Å². The summed E-state index contributed by atoms with van der Waals surface area (Å²) in [6, 6.07) is 14.0. The summed E-state index contributed by atoms with van der Waals surface area (Å²) in [5.74, 6) is 0.476. The van der Waals surface area contributed by atoms with Gasteiger partial charge in [-0.1, -0.05) is 35.9 Å². The molecule has 1 aromatic carbocycles. The van der Waals surface area contributed by atoms with E-state index >= 15 is 0 Å². The number of anilines is 1. The van der Waals surface area contributed by atoms with Crippen molar-refractivity contribution in [3.63, 3.8) is 0 Å². The topological polar surface area (TPSA) is 63.8 Å². The number of nitrogen functional groups attached to an aromatic ring is 1. The number of benzene rings is 1. The van der Waals surface area contributed by atoms with E-state index in [2.05, 4.69) is 33.5 Å². The van der Waals surface area contributed by atoms with Crippen LogP contribution in [0.25, 0.3) is 10.9 Å². The smallest absolute Gasteiger partial charge is 0.129 e. The van der Waals surface area contributed by atoms with Crippen molar-refractivity contribution in [3.05, 3.63) is 64.9 Å². The summed E-state index contributed by atoms with van der Waals surface area (Å²) >= 11 is 6.12. The average Bonchev–Trinajstić information content (AvgIpc) is 2.53. The fourth-order valence-corrected chi connectivity index (χ4v) is 2.56. The van der Waals surface area contributed by atoms with Gasteiger partial charge in [0.25, 0.3) is 0 Å². The molecule has 3 N–H and O–H groups in total. The number of halogens is 1. The minimum Gasteiger partial charge on any atom is -0.383 e. The van der Waals surface area contributed by atoms with Gasteiger partial charge in [0.15, 0.2) is 0 Å². The van der Waals surface area contributed by atoms with Gasteiger partial charge in [0, 0.05) is 42.4 Å². The molecule has 0 saturated carbocycles. The van der Waals surface area contributed by atoms with Gasteiger partial charge in [0.1, 0.15) is 5.82 Å². The van der Waals surface area contributed by atoms with Crippen LogP contribution in [0.15, 0.2) is 48.7 Å². The zero-order chi connectivity index (χ0) is 15.4. The average molecular weight is 313 g/mol. The maximum absolute atomic E-state index is 6.12. The predicted molar refractivity (Wildman–Crippen MR) is 90.8 cm³/mol. The Labute approximate surface area is 134 Å². The number of hydrogen-bond donors (Lipinski definition) is 2. The van der Waals surface area contributed by atoms with Gasteiger partial charge in [-0.2, -0.15) is 0 Å². The number of pyridine rings is 2. The summed E-state index contributed by atoms with van der Waals surface area (Å²) in [5.41, 5.74) is 8.77. The van der Waals surface area contributed by atoms with Gasteiger partial charge >= 0.3 is 0 Å². The molecule has 0 bridgehead atoms. The number of fused-ring (bicyclic) bond motifs is 1. The molecule has 0 spiro atoms. The van der Waals surface area contributed by atoms with E-state index in [0.717, 1.165) is 35.1 Å². The number of nitrogens with two attached hydrogens (primary N) is 1. The van der Waals surface area contributed by atoms with Crippen LogP contribution < -0.4 is 11.1 Å². The Morgan fingerprint density at radius 1 is 1.09 bits per heavy atom. The van der Waals surface area contributed by atoms with E-state index in [1.165, 1.54) is 0 Å². The van der Waals surface area contributed by atoms with Crippen molar-refractivity contribution in [3.8, 4) is 0 Å². The quantitative estimate of drug-likeness (QED) is 0.710. The lowest BCUT2D eigenvalue weighted by Gasteiger charge is -2.09. The lowest BCUT2D eigenvalue weighted by Crippen LogP contribution is -2.18. The largest absolute Gasteiger partial charge is 0.383 e. The molecule has 0 aliphatic rings. The van der Waals surface area contributed by atoms with Crippen molar-refractivity contribution in [2.75, 3.05) is 12.3 Å². The van der Waals surface area contributed by atoms with Crippen molar-refractivity contribution in [1.29, 1.82) is 0 Å². The molecule has 5 heteroatoms. The molecule has 0 aliphatic carbocycles. The Bertz CT molecular complexity index is 768. The highest BCUT2D eigenvalue weighted by molar-refractivity contribution is 6.31. The zero-order valence-electron chi connectivity index (χ0n) is 12.1. The number of hydrogen-bond acceptors (Lipinski definition) is 4. The number of para-hydroxylation sites is 1. The first-order valence-corrected chi connectivity index (χ1v) is 7.56. The van der Waals surface area contributed by atoms with Crippen LogP contribution in [0.4, 0.5) is 5.82 Å². The van der Waals surface area contributed by atoms with Crippen LogP contribution in [0.1, 0.15) is 11.3 Å². The number of nitrogens with zero attached hydrogens (tertiary/aromatic N) is 2. The van der Waals surface area contributed by atoms with E-state index in [4.69, 9.17) is 17.3 Å². The van der Waals surface area contributed by atoms with Crippen molar-refractivity contribution in [2.24, 2.45) is 0 Å². The minimum atomic E-state index is 0.476. The van der Waals surface area contributed by atoms with Gasteiger partial charge in [0.2, 0.25) is 0 Å². The minimum absolute atomic E-state index is 0.476. The highest BCUT2D eigenvalue weighted by Crippen LogP contribution is 2.19. The number of aromatic nitrogens is 2. The molecule has 0 atom stereocenters. The van der Waals surface area contributed by atoms with Gasteiger partial charge in [-0.05, 0) is 18.2 Å². The fraction of sp³-hybridized carbons (Fsp3) is 0.176. The third kappa shape index (κ3) is 3.35. The first-order chi connectivity index (χ1) is 10.7. The SMILES string of the molecule is Nc1nccc(Cl)c1CNCCc1ccc2ccccc2n1.